The maximum atomic E-state index is 8.38. The molecule has 1 saturated carbocycles. The molecule has 0 aliphatic heterocycles. The van der Waals surface area contributed by atoms with E-state index in [1.807, 2.05) is 0 Å². The SMILES string of the molecule is CC(C)(O)O.N#CC1CCC(N)C1. The Morgan fingerprint density at radius 2 is 1.85 bits per heavy atom. The zero-order valence-electron chi connectivity index (χ0n) is 8.20. The predicted octanol–water partition coefficient (Wildman–Crippen LogP) is 0.344. The second kappa shape index (κ2) is 5.18. The lowest BCUT2D eigenvalue weighted by Gasteiger charge is -2.03. The van der Waals surface area contributed by atoms with Crippen molar-refractivity contribution in [2.75, 3.05) is 0 Å². The van der Waals surface area contributed by atoms with Crippen molar-refractivity contribution in [3.63, 3.8) is 0 Å². The second-order valence-corrected chi connectivity index (χ2v) is 3.89. The molecule has 0 bridgehead atoms. The van der Waals surface area contributed by atoms with Crippen molar-refractivity contribution in [2.45, 2.75) is 44.9 Å². The van der Waals surface area contributed by atoms with Crippen LogP contribution in [0.25, 0.3) is 0 Å². The molecule has 0 heterocycles. The van der Waals surface area contributed by atoms with Crippen LogP contribution in [-0.4, -0.2) is 22.0 Å². The Hall–Kier alpha value is -0.630. The van der Waals surface area contributed by atoms with Crippen LogP contribution in [0, 0.1) is 17.2 Å². The van der Waals surface area contributed by atoms with Gasteiger partial charge in [-0.1, -0.05) is 0 Å². The van der Waals surface area contributed by atoms with Crippen LogP contribution >= 0.6 is 0 Å². The van der Waals surface area contributed by atoms with Gasteiger partial charge in [0.2, 0.25) is 0 Å². The summed E-state index contributed by atoms with van der Waals surface area (Å²) in [6.07, 6.45) is 2.96. The molecule has 0 radical (unpaired) electrons. The maximum Gasteiger partial charge on any atom is 0.156 e. The Morgan fingerprint density at radius 3 is 2.00 bits per heavy atom. The van der Waals surface area contributed by atoms with Crippen molar-refractivity contribution in [2.24, 2.45) is 11.7 Å². The molecule has 1 aliphatic rings. The van der Waals surface area contributed by atoms with E-state index in [1.54, 1.807) is 0 Å². The van der Waals surface area contributed by atoms with Crippen molar-refractivity contribution in [3.05, 3.63) is 0 Å². The first-order valence-electron chi connectivity index (χ1n) is 4.43. The van der Waals surface area contributed by atoms with Gasteiger partial charge in [-0.05, 0) is 33.1 Å². The van der Waals surface area contributed by atoms with E-state index in [1.165, 1.54) is 13.8 Å². The first kappa shape index (κ1) is 12.4. The number of aliphatic hydroxyl groups is 2. The molecule has 1 fully saturated rings. The molecule has 4 N–H and O–H groups in total. The third kappa shape index (κ3) is 9.28. The van der Waals surface area contributed by atoms with Crippen molar-refractivity contribution in [1.82, 2.24) is 0 Å². The molecule has 2 atom stereocenters. The molecule has 2 unspecified atom stereocenters. The smallest absolute Gasteiger partial charge is 0.156 e. The molecule has 76 valence electrons. The Kier molecular flexibility index (Phi) is 4.92. The van der Waals surface area contributed by atoms with Crippen LogP contribution in [0.5, 0.6) is 0 Å². The van der Waals surface area contributed by atoms with Gasteiger partial charge in [-0.15, -0.1) is 0 Å². The molecule has 4 heteroatoms. The summed E-state index contributed by atoms with van der Waals surface area (Å²) in [5.74, 6) is -1.25. The lowest BCUT2D eigenvalue weighted by atomic mass is 10.1. The number of hydrogen-bond acceptors (Lipinski definition) is 4. The molecule has 0 spiro atoms. The van der Waals surface area contributed by atoms with Crippen LogP contribution in [-0.2, 0) is 0 Å². The number of hydrogen-bond donors (Lipinski definition) is 3. The average Bonchev–Trinajstić information content (AvgIpc) is 2.31. The molecule has 1 rings (SSSR count). The topological polar surface area (TPSA) is 90.3 Å². The van der Waals surface area contributed by atoms with Gasteiger partial charge in [0.05, 0.1) is 6.07 Å². The Labute approximate surface area is 79.0 Å². The van der Waals surface area contributed by atoms with Crippen LogP contribution in [0.3, 0.4) is 0 Å². The lowest BCUT2D eigenvalue weighted by Crippen LogP contribution is -2.15. The number of nitrogens with zero attached hydrogens (tertiary/aromatic N) is 1. The van der Waals surface area contributed by atoms with Crippen molar-refractivity contribution in [3.8, 4) is 6.07 Å². The minimum Gasteiger partial charge on any atom is -0.366 e. The van der Waals surface area contributed by atoms with Crippen LogP contribution in [0.4, 0.5) is 0 Å². The van der Waals surface area contributed by atoms with E-state index in [0.717, 1.165) is 19.3 Å². The number of nitriles is 1. The summed E-state index contributed by atoms with van der Waals surface area (Å²) in [5.41, 5.74) is 5.55. The van der Waals surface area contributed by atoms with E-state index in [2.05, 4.69) is 6.07 Å². The van der Waals surface area contributed by atoms with Crippen LogP contribution in [0.2, 0.25) is 0 Å². The average molecular weight is 186 g/mol. The van der Waals surface area contributed by atoms with Crippen molar-refractivity contribution >= 4 is 0 Å². The largest absolute Gasteiger partial charge is 0.366 e. The molecule has 0 saturated heterocycles. The predicted molar refractivity (Wildman–Crippen MR) is 49.4 cm³/mol. The zero-order chi connectivity index (χ0) is 10.5. The summed E-state index contributed by atoms with van der Waals surface area (Å²) in [7, 11) is 0. The normalized spacial score (nSPS) is 27.4. The molecule has 0 aromatic carbocycles. The van der Waals surface area contributed by atoms with E-state index in [0.29, 0.717) is 6.04 Å². The minimum absolute atomic E-state index is 0.255. The highest BCUT2D eigenvalue weighted by Gasteiger charge is 2.20. The van der Waals surface area contributed by atoms with Crippen molar-refractivity contribution in [1.29, 1.82) is 5.26 Å². The fraction of sp³-hybridized carbons (Fsp3) is 0.889. The highest BCUT2D eigenvalue weighted by atomic mass is 16.5. The molecular weight excluding hydrogens is 168 g/mol. The summed E-state index contributed by atoms with van der Waals surface area (Å²) >= 11 is 0. The summed E-state index contributed by atoms with van der Waals surface area (Å²) < 4.78 is 0. The molecule has 1 aliphatic carbocycles. The van der Waals surface area contributed by atoms with Gasteiger partial charge in [0.25, 0.3) is 0 Å². The van der Waals surface area contributed by atoms with E-state index >= 15 is 0 Å². The Bertz CT molecular complexity index is 175. The minimum atomic E-state index is -1.50. The van der Waals surface area contributed by atoms with Gasteiger partial charge in [-0.2, -0.15) is 5.26 Å². The molecule has 0 aromatic heterocycles. The van der Waals surface area contributed by atoms with Gasteiger partial charge in [0.15, 0.2) is 5.79 Å². The molecular formula is C9H18N2O2. The summed E-state index contributed by atoms with van der Waals surface area (Å²) in [6, 6.07) is 2.52. The van der Waals surface area contributed by atoms with Crippen molar-refractivity contribution < 1.29 is 10.2 Å². The highest BCUT2D eigenvalue weighted by molar-refractivity contribution is 4.91. The van der Waals surface area contributed by atoms with E-state index in [4.69, 9.17) is 21.2 Å². The summed E-state index contributed by atoms with van der Waals surface area (Å²) in [4.78, 5) is 0. The highest BCUT2D eigenvalue weighted by Crippen LogP contribution is 2.22. The van der Waals surface area contributed by atoms with Crippen LogP contribution < -0.4 is 5.73 Å². The number of nitrogens with two attached hydrogens (primary N) is 1. The van der Waals surface area contributed by atoms with Gasteiger partial charge in [-0.25, -0.2) is 0 Å². The monoisotopic (exact) mass is 186 g/mol. The van der Waals surface area contributed by atoms with Gasteiger partial charge in [0.1, 0.15) is 0 Å². The Balaban J connectivity index is 0.000000252. The van der Waals surface area contributed by atoms with Crippen LogP contribution in [0.15, 0.2) is 0 Å². The van der Waals surface area contributed by atoms with Gasteiger partial charge in [0, 0.05) is 12.0 Å². The first-order valence-corrected chi connectivity index (χ1v) is 4.43. The van der Waals surface area contributed by atoms with Gasteiger partial charge < -0.3 is 15.9 Å². The zero-order valence-corrected chi connectivity index (χ0v) is 8.20. The van der Waals surface area contributed by atoms with E-state index < -0.39 is 5.79 Å². The fourth-order valence-electron chi connectivity index (χ4n) is 1.13. The van der Waals surface area contributed by atoms with Gasteiger partial charge >= 0.3 is 0 Å². The number of rotatable bonds is 0. The second-order valence-electron chi connectivity index (χ2n) is 3.89. The summed E-state index contributed by atoms with van der Waals surface area (Å²) in [5, 5.41) is 24.5. The van der Waals surface area contributed by atoms with E-state index in [-0.39, 0.29) is 5.92 Å². The molecule has 13 heavy (non-hydrogen) atoms. The van der Waals surface area contributed by atoms with Gasteiger partial charge in [-0.3, -0.25) is 0 Å². The maximum absolute atomic E-state index is 8.38. The Morgan fingerprint density at radius 1 is 1.38 bits per heavy atom. The van der Waals surface area contributed by atoms with Crippen LogP contribution in [0.1, 0.15) is 33.1 Å². The standard InChI is InChI=1S/C6H10N2.C3H8O2/c7-4-5-1-2-6(8)3-5;1-3(2,4)5/h5-6H,1-3,8H2;4-5H,1-2H3. The third-order valence-electron chi connectivity index (χ3n) is 1.66. The molecule has 0 aromatic rings. The lowest BCUT2D eigenvalue weighted by molar-refractivity contribution is -0.127. The quantitative estimate of drug-likeness (QED) is 0.476. The molecule has 0 amide bonds. The third-order valence-corrected chi connectivity index (χ3v) is 1.66. The fourth-order valence-corrected chi connectivity index (χ4v) is 1.13. The first-order chi connectivity index (χ1) is 5.83. The van der Waals surface area contributed by atoms with E-state index in [9.17, 15) is 0 Å². The summed E-state index contributed by atoms with van der Waals surface area (Å²) in [6.45, 7) is 2.60. The molecule has 4 nitrogen and oxygen atoms in total.